The van der Waals surface area contributed by atoms with Gasteiger partial charge in [0, 0.05) is 13.1 Å². The summed E-state index contributed by atoms with van der Waals surface area (Å²) < 4.78 is 6.13. The average molecular weight is 202 g/mol. The van der Waals surface area contributed by atoms with Gasteiger partial charge in [0.05, 0.1) is 6.10 Å². The minimum Gasteiger partial charge on any atom is -0.411 e. The Hall–Kier alpha value is 0.0969. The molecule has 0 aromatic rings. The maximum atomic E-state index is 6.13. The van der Waals surface area contributed by atoms with E-state index in [4.69, 9.17) is 10.3 Å². The zero-order valence-electron chi connectivity index (χ0n) is 9.42. The first-order valence-electron chi connectivity index (χ1n) is 4.90. The van der Waals surface area contributed by atoms with Gasteiger partial charge in [-0.2, -0.15) is 0 Å². The molecule has 1 fully saturated rings. The lowest BCUT2D eigenvalue weighted by atomic mass is 10.2. The van der Waals surface area contributed by atoms with Crippen molar-refractivity contribution in [2.24, 2.45) is 5.84 Å². The second kappa shape index (κ2) is 3.35. The average Bonchev–Trinajstić information content (AvgIpc) is 1.80. The highest BCUT2D eigenvalue weighted by Gasteiger charge is 2.41. The van der Waals surface area contributed by atoms with Crippen molar-refractivity contribution in [2.75, 3.05) is 13.1 Å². The minimum atomic E-state index is -1.55. The number of hydrazine groups is 1. The predicted molar refractivity (Wildman–Crippen MR) is 57.8 cm³/mol. The van der Waals surface area contributed by atoms with Crippen LogP contribution in [0, 0.1) is 0 Å². The number of rotatable bonds is 2. The molecule has 1 saturated heterocycles. The lowest BCUT2D eigenvalue weighted by Crippen LogP contribution is -2.60. The monoisotopic (exact) mass is 202 g/mol. The van der Waals surface area contributed by atoms with Crippen molar-refractivity contribution in [3.8, 4) is 0 Å². The molecule has 0 spiro atoms. The third-order valence-corrected chi connectivity index (χ3v) is 7.68. The van der Waals surface area contributed by atoms with Crippen LogP contribution in [0.25, 0.3) is 0 Å². The molecule has 1 heterocycles. The van der Waals surface area contributed by atoms with Gasteiger partial charge in [-0.1, -0.05) is 20.8 Å². The molecule has 2 N–H and O–H groups in total. The van der Waals surface area contributed by atoms with Gasteiger partial charge in [-0.25, -0.2) is 5.01 Å². The molecule has 0 aromatic carbocycles. The van der Waals surface area contributed by atoms with E-state index in [-0.39, 0.29) is 0 Å². The van der Waals surface area contributed by atoms with E-state index < -0.39 is 8.32 Å². The number of hydrogen-bond acceptors (Lipinski definition) is 3. The molecule has 3 nitrogen and oxygen atoms in total. The Balaban J connectivity index is 2.43. The molecule has 0 amide bonds. The lowest BCUT2D eigenvalue weighted by Gasteiger charge is -2.44. The molecule has 0 radical (unpaired) electrons. The summed E-state index contributed by atoms with van der Waals surface area (Å²) in [5, 5.41) is 2.11. The van der Waals surface area contributed by atoms with E-state index in [1.165, 1.54) is 0 Å². The summed E-state index contributed by atoms with van der Waals surface area (Å²) in [6.07, 6.45) is 0.380. The highest BCUT2D eigenvalue weighted by molar-refractivity contribution is 6.74. The van der Waals surface area contributed by atoms with E-state index in [9.17, 15) is 0 Å². The van der Waals surface area contributed by atoms with Crippen LogP contribution in [0.1, 0.15) is 20.8 Å². The Labute approximate surface area is 82.3 Å². The topological polar surface area (TPSA) is 38.5 Å². The van der Waals surface area contributed by atoms with Crippen molar-refractivity contribution in [2.45, 2.75) is 45.0 Å². The van der Waals surface area contributed by atoms with Crippen LogP contribution < -0.4 is 5.84 Å². The third kappa shape index (κ3) is 2.53. The van der Waals surface area contributed by atoms with E-state index in [1.807, 2.05) is 0 Å². The van der Waals surface area contributed by atoms with Crippen molar-refractivity contribution in [3.63, 3.8) is 0 Å². The number of hydrogen-bond donors (Lipinski definition) is 1. The number of nitrogens with zero attached hydrogens (tertiary/aromatic N) is 1. The first kappa shape index (κ1) is 11.2. The number of nitrogens with two attached hydrogens (primary N) is 1. The summed E-state index contributed by atoms with van der Waals surface area (Å²) in [6.45, 7) is 13.1. The van der Waals surface area contributed by atoms with Crippen LogP contribution in [0.3, 0.4) is 0 Å². The van der Waals surface area contributed by atoms with Crippen molar-refractivity contribution in [1.29, 1.82) is 0 Å². The van der Waals surface area contributed by atoms with Gasteiger partial charge in [0.2, 0.25) is 0 Å². The Morgan fingerprint density at radius 1 is 1.31 bits per heavy atom. The van der Waals surface area contributed by atoms with E-state index in [0.29, 0.717) is 11.1 Å². The molecule has 0 saturated carbocycles. The fourth-order valence-corrected chi connectivity index (χ4v) is 2.47. The van der Waals surface area contributed by atoms with Crippen LogP contribution in [0.4, 0.5) is 0 Å². The Morgan fingerprint density at radius 2 is 1.77 bits per heavy atom. The zero-order valence-corrected chi connectivity index (χ0v) is 10.4. The molecule has 0 aliphatic carbocycles. The van der Waals surface area contributed by atoms with Crippen LogP contribution in [-0.4, -0.2) is 32.5 Å². The van der Waals surface area contributed by atoms with Crippen LogP contribution in [0.5, 0.6) is 0 Å². The largest absolute Gasteiger partial charge is 0.411 e. The van der Waals surface area contributed by atoms with Gasteiger partial charge in [-0.05, 0) is 18.1 Å². The smallest absolute Gasteiger partial charge is 0.192 e. The van der Waals surface area contributed by atoms with Crippen LogP contribution in [0.2, 0.25) is 18.1 Å². The fourth-order valence-electron chi connectivity index (χ4n) is 1.14. The molecule has 0 unspecified atom stereocenters. The van der Waals surface area contributed by atoms with Gasteiger partial charge in [0.1, 0.15) is 0 Å². The molecule has 78 valence electrons. The Morgan fingerprint density at radius 3 is 2.08 bits per heavy atom. The van der Waals surface area contributed by atoms with E-state index >= 15 is 0 Å². The summed E-state index contributed by atoms with van der Waals surface area (Å²) in [7, 11) is -1.55. The summed E-state index contributed by atoms with van der Waals surface area (Å²) in [5.41, 5.74) is 0. The van der Waals surface area contributed by atoms with E-state index in [1.54, 1.807) is 5.01 Å². The van der Waals surface area contributed by atoms with Crippen LogP contribution in [0.15, 0.2) is 0 Å². The van der Waals surface area contributed by atoms with Crippen molar-refractivity contribution >= 4 is 8.32 Å². The third-order valence-electron chi connectivity index (χ3n) is 3.14. The highest BCUT2D eigenvalue weighted by Crippen LogP contribution is 2.37. The highest BCUT2D eigenvalue weighted by atomic mass is 28.4. The van der Waals surface area contributed by atoms with Crippen molar-refractivity contribution < 1.29 is 4.43 Å². The molecule has 0 aromatic heterocycles. The van der Waals surface area contributed by atoms with Gasteiger partial charge in [-0.15, -0.1) is 0 Å². The summed E-state index contributed by atoms with van der Waals surface area (Å²) >= 11 is 0. The minimum absolute atomic E-state index is 0.308. The standard InChI is InChI=1S/C9H22N2OSi/c1-9(2,3)13(4,5)12-8-6-11(10)7-8/h8H,6-7,10H2,1-5H3. The molecule has 4 heteroatoms. The zero-order chi connectivity index (χ0) is 10.3. The predicted octanol–water partition coefficient (Wildman–Crippen LogP) is 1.57. The Bertz CT molecular complexity index is 183. The molecule has 1 aliphatic rings. The molecular weight excluding hydrogens is 180 g/mol. The van der Waals surface area contributed by atoms with Gasteiger partial charge >= 0.3 is 0 Å². The van der Waals surface area contributed by atoms with E-state index in [2.05, 4.69) is 33.9 Å². The second-order valence-electron chi connectivity index (χ2n) is 5.45. The normalized spacial score (nSPS) is 21.7. The molecular formula is C9H22N2OSi. The van der Waals surface area contributed by atoms with Gasteiger partial charge in [0.15, 0.2) is 8.32 Å². The van der Waals surface area contributed by atoms with Crippen molar-refractivity contribution in [3.05, 3.63) is 0 Å². The molecule has 1 aliphatic heterocycles. The quantitative estimate of drug-likeness (QED) is 0.545. The van der Waals surface area contributed by atoms with Crippen molar-refractivity contribution in [1.82, 2.24) is 5.01 Å². The molecule has 13 heavy (non-hydrogen) atoms. The first-order chi connectivity index (χ1) is 5.72. The molecule has 0 atom stereocenters. The summed E-state index contributed by atoms with van der Waals surface area (Å²) in [5.74, 6) is 5.57. The van der Waals surface area contributed by atoms with Crippen LogP contribution in [-0.2, 0) is 4.43 Å². The van der Waals surface area contributed by atoms with Gasteiger partial charge < -0.3 is 4.43 Å². The lowest BCUT2D eigenvalue weighted by molar-refractivity contribution is 0.0105. The SMILES string of the molecule is CC(C)(C)[Si](C)(C)OC1CN(N)C1. The fraction of sp³-hybridized carbons (Fsp3) is 1.00. The van der Waals surface area contributed by atoms with E-state index in [0.717, 1.165) is 13.1 Å². The van der Waals surface area contributed by atoms with Crippen LogP contribution >= 0.6 is 0 Å². The van der Waals surface area contributed by atoms with Gasteiger partial charge in [-0.3, -0.25) is 5.84 Å². The molecule has 0 bridgehead atoms. The summed E-state index contributed by atoms with van der Waals surface area (Å²) in [6, 6.07) is 0. The first-order valence-corrected chi connectivity index (χ1v) is 7.81. The molecule has 1 rings (SSSR count). The maximum absolute atomic E-state index is 6.13. The second-order valence-corrected chi connectivity index (χ2v) is 10.2. The van der Waals surface area contributed by atoms with Gasteiger partial charge in [0.25, 0.3) is 0 Å². The maximum Gasteiger partial charge on any atom is 0.192 e. The summed E-state index contributed by atoms with van der Waals surface area (Å²) in [4.78, 5) is 0. The Kier molecular flexibility index (Phi) is 2.88.